The topological polar surface area (TPSA) is 113 Å². The van der Waals surface area contributed by atoms with Crippen molar-refractivity contribution in [2.24, 2.45) is 5.73 Å². The molecule has 9 heteroatoms. The van der Waals surface area contributed by atoms with Crippen LogP contribution in [-0.2, 0) is 9.59 Å². The van der Waals surface area contributed by atoms with Gasteiger partial charge in [-0.2, -0.15) is 0 Å². The van der Waals surface area contributed by atoms with Gasteiger partial charge >= 0.3 is 0 Å². The summed E-state index contributed by atoms with van der Waals surface area (Å²) in [6, 6.07) is 2.57. The Hall–Kier alpha value is -1.54. The summed E-state index contributed by atoms with van der Waals surface area (Å²) in [6.45, 7) is 1.72. The molecule has 1 fully saturated rings. The molecule has 1 aliphatic rings. The predicted octanol–water partition coefficient (Wildman–Crippen LogP) is 0.273. The van der Waals surface area contributed by atoms with Crippen LogP contribution in [0, 0.1) is 0 Å². The molecule has 0 radical (unpaired) electrons. The first-order valence-corrected chi connectivity index (χ1v) is 7.42. The number of primary amides is 1. The molecule has 1 aromatic carbocycles. The summed E-state index contributed by atoms with van der Waals surface area (Å²) >= 11 is 12.0. The van der Waals surface area contributed by atoms with Gasteiger partial charge in [0.15, 0.2) is 0 Å². The summed E-state index contributed by atoms with van der Waals surface area (Å²) in [5, 5.41) is 6.20. The van der Waals surface area contributed by atoms with Crippen molar-refractivity contribution in [3.63, 3.8) is 0 Å². The Labute approximate surface area is 137 Å². The van der Waals surface area contributed by atoms with Gasteiger partial charge in [0.1, 0.15) is 0 Å². The van der Waals surface area contributed by atoms with Crippen molar-refractivity contribution in [2.75, 3.05) is 37.2 Å². The molecular weight excluding hydrogens is 329 g/mol. The third-order valence-electron chi connectivity index (χ3n) is 3.30. The van der Waals surface area contributed by atoms with E-state index in [0.29, 0.717) is 31.0 Å². The number of nitrogens with two attached hydrogens (primary N) is 2. The van der Waals surface area contributed by atoms with Crippen LogP contribution in [0.4, 0.5) is 11.4 Å². The van der Waals surface area contributed by atoms with Gasteiger partial charge in [0.2, 0.25) is 11.8 Å². The van der Waals surface area contributed by atoms with E-state index in [2.05, 4.69) is 10.6 Å². The van der Waals surface area contributed by atoms with E-state index >= 15 is 0 Å². The highest BCUT2D eigenvalue weighted by Gasteiger charge is 2.24. The Kier molecular flexibility index (Phi) is 5.47. The fourth-order valence-corrected chi connectivity index (χ4v) is 2.84. The fourth-order valence-electron chi connectivity index (χ4n) is 2.24. The van der Waals surface area contributed by atoms with E-state index in [1.807, 2.05) is 4.90 Å². The van der Waals surface area contributed by atoms with E-state index < -0.39 is 11.9 Å². The number of nitrogens with zero attached hydrogens (tertiary/aromatic N) is 1. The van der Waals surface area contributed by atoms with E-state index in [1.165, 1.54) is 12.1 Å². The largest absolute Gasteiger partial charge is 0.399 e. The van der Waals surface area contributed by atoms with Crippen LogP contribution in [-0.4, -0.2) is 48.9 Å². The lowest BCUT2D eigenvalue weighted by Gasteiger charge is -2.31. The van der Waals surface area contributed by atoms with E-state index in [4.69, 9.17) is 34.7 Å². The zero-order valence-corrected chi connectivity index (χ0v) is 13.2. The van der Waals surface area contributed by atoms with Gasteiger partial charge in [0.05, 0.1) is 28.3 Å². The van der Waals surface area contributed by atoms with Crippen LogP contribution < -0.4 is 22.1 Å². The summed E-state index contributed by atoms with van der Waals surface area (Å²) in [6.07, 6.45) is 0. The number of anilines is 2. The Morgan fingerprint density at radius 2 is 2.00 bits per heavy atom. The number of hydrogen-bond donors (Lipinski definition) is 4. The van der Waals surface area contributed by atoms with Gasteiger partial charge in [0, 0.05) is 25.3 Å². The maximum absolute atomic E-state index is 12.1. The van der Waals surface area contributed by atoms with E-state index in [1.54, 1.807) is 0 Å². The Bertz CT molecular complexity index is 573. The second-order valence-electron chi connectivity index (χ2n) is 5.05. The van der Waals surface area contributed by atoms with Crippen molar-refractivity contribution < 1.29 is 9.59 Å². The maximum atomic E-state index is 12.1. The minimum Gasteiger partial charge on any atom is -0.399 e. The number of halogens is 2. The number of hydrogen-bond acceptors (Lipinski definition) is 5. The van der Waals surface area contributed by atoms with Gasteiger partial charge in [-0.15, -0.1) is 0 Å². The highest BCUT2D eigenvalue weighted by atomic mass is 35.5. The highest BCUT2D eigenvalue weighted by Crippen LogP contribution is 2.32. The van der Waals surface area contributed by atoms with Crippen molar-refractivity contribution in [3.8, 4) is 0 Å². The molecular formula is C13H17Cl2N5O2. The second-order valence-corrected chi connectivity index (χ2v) is 5.87. The first-order chi connectivity index (χ1) is 10.4. The highest BCUT2D eigenvalue weighted by molar-refractivity contribution is 6.40. The number of benzene rings is 1. The van der Waals surface area contributed by atoms with E-state index in [-0.39, 0.29) is 22.5 Å². The number of amides is 2. The standard InChI is InChI=1S/C13H17Cl2N5O2/c14-8-3-7(16)4-9(15)12(8)19-11(21)6-20-2-1-18-10(5-20)13(17)22/h3-4,10,18H,1-2,5-6,16H2,(H2,17,22)(H,19,21). The van der Waals surface area contributed by atoms with Crippen LogP contribution in [0.3, 0.4) is 0 Å². The molecule has 7 nitrogen and oxygen atoms in total. The van der Waals surface area contributed by atoms with Gasteiger partial charge in [-0.25, -0.2) is 0 Å². The number of piperazine rings is 1. The van der Waals surface area contributed by atoms with Crippen molar-refractivity contribution in [1.29, 1.82) is 0 Å². The van der Waals surface area contributed by atoms with Gasteiger partial charge < -0.3 is 22.1 Å². The molecule has 0 saturated carbocycles. The number of nitrogens with one attached hydrogen (secondary N) is 2. The van der Waals surface area contributed by atoms with Crippen LogP contribution in [0.25, 0.3) is 0 Å². The first kappa shape index (κ1) is 16.8. The molecule has 22 heavy (non-hydrogen) atoms. The van der Waals surface area contributed by atoms with Crippen LogP contribution >= 0.6 is 23.2 Å². The third-order valence-corrected chi connectivity index (χ3v) is 3.90. The second kappa shape index (κ2) is 7.15. The average molecular weight is 346 g/mol. The maximum Gasteiger partial charge on any atom is 0.238 e. The monoisotopic (exact) mass is 345 g/mol. The normalized spacial score (nSPS) is 18.9. The zero-order valence-electron chi connectivity index (χ0n) is 11.7. The first-order valence-electron chi connectivity index (χ1n) is 6.66. The summed E-state index contributed by atoms with van der Waals surface area (Å²) in [5.74, 6) is -0.714. The Morgan fingerprint density at radius 3 is 2.59 bits per heavy atom. The molecule has 0 spiro atoms. The van der Waals surface area contributed by atoms with Crippen LogP contribution in [0.5, 0.6) is 0 Å². The molecule has 0 bridgehead atoms. The minimum atomic E-state index is -0.453. The van der Waals surface area contributed by atoms with Crippen molar-refractivity contribution >= 4 is 46.4 Å². The predicted molar refractivity (Wildman–Crippen MR) is 86.9 cm³/mol. The lowest BCUT2D eigenvalue weighted by Crippen LogP contribution is -2.57. The molecule has 2 rings (SSSR count). The molecule has 2 amide bonds. The van der Waals surface area contributed by atoms with E-state index in [0.717, 1.165) is 0 Å². The molecule has 1 saturated heterocycles. The Morgan fingerprint density at radius 1 is 1.36 bits per heavy atom. The molecule has 6 N–H and O–H groups in total. The van der Waals surface area contributed by atoms with E-state index in [9.17, 15) is 9.59 Å². The molecule has 120 valence electrons. The van der Waals surface area contributed by atoms with Gasteiger partial charge in [0.25, 0.3) is 0 Å². The number of nitrogen functional groups attached to an aromatic ring is 1. The molecule has 1 aliphatic heterocycles. The van der Waals surface area contributed by atoms with Crippen molar-refractivity contribution in [3.05, 3.63) is 22.2 Å². The Balaban J connectivity index is 1.97. The van der Waals surface area contributed by atoms with Gasteiger partial charge in [-0.05, 0) is 12.1 Å². The van der Waals surface area contributed by atoms with Gasteiger partial charge in [-0.1, -0.05) is 23.2 Å². The zero-order chi connectivity index (χ0) is 16.3. The van der Waals surface area contributed by atoms with Gasteiger partial charge in [-0.3, -0.25) is 14.5 Å². The van der Waals surface area contributed by atoms with Crippen LogP contribution in [0.15, 0.2) is 12.1 Å². The molecule has 0 aromatic heterocycles. The third kappa shape index (κ3) is 4.23. The molecule has 0 aliphatic carbocycles. The number of carbonyl (C=O) groups is 2. The smallest absolute Gasteiger partial charge is 0.238 e. The van der Waals surface area contributed by atoms with Crippen LogP contribution in [0.1, 0.15) is 0 Å². The summed E-state index contributed by atoms with van der Waals surface area (Å²) < 4.78 is 0. The lowest BCUT2D eigenvalue weighted by molar-refractivity contribution is -0.123. The lowest BCUT2D eigenvalue weighted by atomic mass is 10.2. The summed E-state index contributed by atoms with van der Waals surface area (Å²) in [5.41, 5.74) is 11.6. The SMILES string of the molecule is NC(=O)C1CN(CC(=O)Nc2c(Cl)cc(N)cc2Cl)CCN1. The number of rotatable bonds is 4. The fraction of sp³-hybridized carbons (Fsp3) is 0.385. The average Bonchev–Trinajstić information content (AvgIpc) is 2.43. The van der Waals surface area contributed by atoms with Crippen molar-refractivity contribution in [1.82, 2.24) is 10.2 Å². The molecule has 1 aromatic rings. The minimum absolute atomic E-state index is 0.114. The molecule has 1 unspecified atom stereocenters. The van der Waals surface area contributed by atoms with Crippen LogP contribution in [0.2, 0.25) is 10.0 Å². The van der Waals surface area contributed by atoms with Crippen molar-refractivity contribution in [2.45, 2.75) is 6.04 Å². The number of carbonyl (C=O) groups excluding carboxylic acids is 2. The quantitative estimate of drug-likeness (QED) is 0.585. The molecule has 1 atom stereocenters. The summed E-state index contributed by atoms with van der Waals surface area (Å²) in [7, 11) is 0. The molecule has 1 heterocycles. The summed E-state index contributed by atoms with van der Waals surface area (Å²) in [4.78, 5) is 25.1.